The Balaban J connectivity index is 0. The first-order valence-corrected chi connectivity index (χ1v) is 17.6. The molecule has 0 spiro atoms. The van der Waals surface area contributed by atoms with Crippen LogP contribution in [-0.4, -0.2) is 108 Å². The lowest BCUT2D eigenvalue weighted by Crippen LogP contribution is -2.43. The molecule has 0 aromatic heterocycles. The molecular formula is C32H62N2O11S. The van der Waals surface area contributed by atoms with Crippen molar-refractivity contribution < 1.29 is 55.9 Å². The average Bonchev–Trinajstić information content (AvgIpc) is 3.00. The van der Waals surface area contributed by atoms with Crippen molar-refractivity contribution in [2.24, 2.45) is 22.2 Å². The number of carbonyl (C=O) groups excluding carboxylic acids is 4. The van der Waals surface area contributed by atoms with E-state index in [2.05, 4.69) is 25.4 Å². The molecule has 14 heteroatoms. The lowest BCUT2D eigenvalue weighted by molar-refractivity contribution is -0.888. The molecule has 46 heavy (non-hydrogen) atoms. The Bertz CT molecular complexity index is 1060. The molecule has 0 rings (SSSR count). The minimum absolute atomic E-state index is 0.00287. The number of hydrogen-bond donors (Lipinski definition) is 0. The van der Waals surface area contributed by atoms with Gasteiger partial charge in [0, 0.05) is 20.0 Å². The average molecular weight is 683 g/mol. The highest BCUT2D eigenvalue weighted by molar-refractivity contribution is 7.86. The van der Waals surface area contributed by atoms with Crippen LogP contribution < -0.4 is 5.26 Å². The Labute approximate surface area is 277 Å². The predicted octanol–water partition coefficient (Wildman–Crippen LogP) is 3.09. The van der Waals surface area contributed by atoms with Crippen molar-refractivity contribution in [3.05, 3.63) is 0 Å². The van der Waals surface area contributed by atoms with Gasteiger partial charge in [0.2, 0.25) is 5.91 Å². The summed E-state index contributed by atoms with van der Waals surface area (Å²) in [5.41, 5.74) is -2.26. The lowest BCUT2D eigenvalue weighted by atomic mass is 9.75. The highest BCUT2D eigenvalue weighted by atomic mass is 32.2. The van der Waals surface area contributed by atoms with E-state index >= 15 is 0 Å². The van der Waals surface area contributed by atoms with Crippen molar-refractivity contribution in [1.82, 2.24) is 4.90 Å². The van der Waals surface area contributed by atoms with Crippen LogP contribution in [0.5, 0.6) is 0 Å². The zero-order chi connectivity index (χ0) is 36.6. The number of rotatable bonds is 20. The van der Waals surface area contributed by atoms with Crippen LogP contribution in [0.2, 0.25) is 0 Å². The number of likely N-dealkylation sites (N-methyl/N-ethyl adjacent to an activating group) is 1. The number of esters is 3. The molecule has 0 aromatic rings. The summed E-state index contributed by atoms with van der Waals surface area (Å²) in [7, 11) is 3.86. The van der Waals surface area contributed by atoms with Crippen molar-refractivity contribution in [3.8, 4) is 0 Å². The van der Waals surface area contributed by atoms with E-state index in [9.17, 15) is 27.6 Å². The highest BCUT2D eigenvalue weighted by Crippen LogP contribution is 2.36. The molecule has 0 saturated heterocycles. The van der Waals surface area contributed by atoms with Crippen LogP contribution in [0, 0.1) is 22.2 Å². The number of nitrogens with zero attached hydrogens (tertiary/aromatic N) is 2. The van der Waals surface area contributed by atoms with Gasteiger partial charge in [-0.15, -0.1) is 0 Å². The fraction of sp³-hybridized carbons (Fsp3) is 0.875. The summed E-state index contributed by atoms with van der Waals surface area (Å²) in [6.07, 6.45) is 2.33. The Morgan fingerprint density at radius 1 is 0.783 bits per heavy atom. The van der Waals surface area contributed by atoms with Crippen molar-refractivity contribution in [2.45, 2.75) is 94.4 Å². The molecule has 0 heterocycles. The second kappa shape index (κ2) is 20.2. The Morgan fingerprint density at radius 2 is 1.26 bits per heavy atom. The fourth-order valence-corrected chi connectivity index (χ4v) is 3.90. The Hall–Kier alpha value is -2.29. The van der Waals surface area contributed by atoms with E-state index in [-0.39, 0.29) is 36.8 Å². The predicted molar refractivity (Wildman–Crippen MR) is 173 cm³/mol. The summed E-state index contributed by atoms with van der Waals surface area (Å²) in [6, 6.07) is 0. The molecule has 0 aliphatic rings. The molecule has 0 N–H and O–H groups in total. The van der Waals surface area contributed by atoms with Gasteiger partial charge < -0.3 is 33.2 Å². The van der Waals surface area contributed by atoms with E-state index in [0.717, 1.165) is 11.0 Å². The monoisotopic (exact) mass is 682 g/mol. The van der Waals surface area contributed by atoms with Crippen LogP contribution >= 0.6 is 0 Å². The molecule has 13 nitrogen and oxygen atoms in total. The van der Waals surface area contributed by atoms with E-state index in [4.69, 9.17) is 19.5 Å². The first-order chi connectivity index (χ1) is 20.9. The smallest absolute Gasteiger partial charge is 0.312 e. The Kier molecular flexibility index (Phi) is 20.1. The maximum Gasteiger partial charge on any atom is 0.312 e. The maximum atomic E-state index is 13.1. The number of carbonyl (C=O) groups is 4. The van der Waals surface area contributed by atoms with E-state index < -0.39 is 38.3 Å². The van der Waals surface area contributed by atoms with Crippen molar-refractivity contribution in [1.29, 1.82) is 0 Å². The molecule has 0 saturated carbocycles. The number of amides is 1. The highest BCUT2D eigenvalue weighted by Gasteiger charge is 2.40. The normalized spacial score (nSPS) is 14.2. The molecule has 0 fully saturated rings. The molecule has 1 amide bonds. The third-order valence-electron chi connectivity index (χ3n) is 8.66. The molecule has 2 atom stereocenters. The lowest BCUT2D eigenvalue weighted by Gasteiger charge is -2.33. The summed E-state index contributed by atoms with van der Waals surface area (Å²) >= 11 is 0. The van der Waals surface area contributed by atoms with E-state index in [1.54, 1.807) is 27.9 Å². The number of quaternary nitrogens is 1. The third-order valence-corrected chi connectivity index (χ3v) is 9.57. The quantitative estimate of drug-likeness (QED) is 0.0463. The molecule has 0 radical (unpaired) electrons. The first-order valence-electron chi connectivity index (χ1n) is 16.0. The molecule has 0 bridgehead atoms. The number of hydrogen-bond acceptors (Lipinski definition) is 11. The standard InChI is InChI=1S/C30H57N2O7.C2H6O4S/c1-13-28(4,5)25(34)38-20-21-39-26(35)29(6,7)17-16-23(24(33)31(9)10)22-30(8,14-2)27(36)37-19-18-32(11,12)15-3;1-2-7(4,5)6-3/h23H,13-22H2,1-12H3;3H,2H2,1H3/q+1;/p-1. The summed E-state index contributed by atoms with van der Waals surface area (Å²) < 4.78 is 39.5. The van der Waals surface area contributed by atoms with Gasteiger partial charge in [0.15, 0.2) is 0 Å². The van der Waals surface area contributed by atoms with E-state index in [1.165, 1.54) is 11.8 Å². The van der Waals surface area contributed by atoms with Crippen molar-refractivity contribution in [3.63, 3.8) is 0 Å². The second-order valence-corrected chi connectivity index (χ2v) is 15.8. The molecule has 0 aliphatic carbocycles. The van der Waals surface area contributed by atoms with Crippen LogP contribution in [0.4, 0.5) is 0 Å². The summed E-state index contributed by atoms with van der Waals surface area (Å²) in [5, 5.41) is 9.09. The van der Waals surface area contributed by atoms with Crippen LogP contribution in [0.1, 0.15) is 94.4 Å². The van der Waals surface area contributed by atoms with Gasteiger partial charge in [-0.1, -0.05) is 13.8 Å². The van der Waals surface area contributed by atoms with Crippen LogP contribution in [-0.2, 0) is 47.8 Å². The van der Waals surface area contributed by atoms with Gasteiger partial charge in [-0.05, 0) is 80.6 Å². The van der Waals surface area contributed by atoms with Crippen molar-refractivity contribution in [2.75, 3.05) is 66.9 Å². The van der Waals surface area contributed by atoms with Gasteiger partial charge in [-0.25, -0.2) is 8.42 Å². The molecule has 2 unspecified atom stereocenters. The van der Waals surface area contributed by atoms with Crippen LogP contribution in [0.15, 0.2) is 0 Å². The zero-order valence-electron chi connectivity index (χ0n) is 30.6. The SMILES string of the molecule is CCC(C)(C)C(=O)OCCOC(=O)C(C)(C)CCC(CC(C)(CC)C(=O)OCC[N+](C)(C)CC)C(=O)N(C)C.CCS(=O)(=O)O[O-]. The van der Waals surface area contributed by atoms with Gasteiger partial charge in [0.05, 0.1) is 42.6 Å². The van der Waals surface area contributed by atoms with Gasteiger partial charge >= 0.3 is 17.9 Å². The summed E-state index contributed by atoms with van der Waals surface area (Å²) in [4.78, 5) is 52.7. The van der Waals surface area contributed by atoms with E-state index in [0.29, 0.717) is 45.3 Å². The molecule has 272 valence electrons. The zero-order valence-corrected chi connectivity index (χ0v) is 31.5. The van der Waals surface area contributed by atoms with Gasteiger partial charge in [-0.2, -0.15) is 0 Å². The minimum atomic E-state index is -3.71. The maximum absolute atomic E-state index is 13.1. The van der Waals surface area contributed by atoms with Crippen molar-refractivity contribution >= 4 is 33.9 Å². The van der Waals surface area contributed by atoms with Gasteiger partial charge in [0.1, 0.15) is 26.4 Å². The third kappa shape index (κ3) is 17.0. The molecule has 0 aromatic carbocycles. The number of ether oxygens (including phenoxy) is 3. The summed E-state index contributed by atoms with van der Waals surface area (Å²) in [5.74, 6) is -1.84. The minimum Gasteiger partial charge on any atom is -0.707 e. The van der Waals surface area contributed by atoms with Crippen LogP contribution in [0.25, 0.3) is 0 Å². The largest absolute Gasteiger partial charge is 0.707 e. The molecule has 0 aliphatic heterocycles. The summed E-state index contributed by atoms with van der Waals surface area (Å²) in [6.45, 7) is 18.2. The molecular weight excluding hydrogens is 620 g/mol. The van der Waals surface area contributed by atoms with Gasteiger partial charge in [0.25, 0.3) is 10.1 Å². The Morgan fingerprint density at radius 3 is 1.63 bits per heavy atom. The fourth-order valence-electron chi connectivity index (χ4n) is 3.80. The van der Waals surface area contributed by atoms with Crippen LogP contribution in [0.3, 0.4) is 0 Å². The topological polar surface area (TPSA) is 166 Å². The second-order valence-electron chi connectivity index (χ2n) is 14.0. The van der Waals surface area contributed by atoms with E-state index in [1.807, 2.05) is 34.6 Å². The van der Waals surface area contributed by atoms with Gasteiger partial charge in [-0.3, -0.25) is 19.2 Å². The first kappa shape index (κ1) is 45.8.